The highest BCUT2D eigenvalue weighted by molar-refractivity contribution is 5.96. The molecular formula is C13H14N2O4. The number of carbonyl (C=O) groups is 2. The van der Waals surface area contributed by atoms with Crippen molar-refractivity contribution in [3.63, 3.8) is 0 Å². The largest absolute Gasteiger partial charge is 0.476 e. The summed E-state index contributed by atoms with van der Waals surface area (Å²) in [6, 6.07) is 4.81. The Labute approximate surface area is 109 Å². The van der Waals surface area contributed by atoms with Gasteiger partial charge in [-0.25, -0.2) is 14.6 Å². The van der Waals surface area contributed by atoms with Gasteiger partial charge in [-0.2, -0.15) is 0 Å². The van der Waals surface area contributed by atoms with Crippen molar-refractivity contribution < 1.29 is 19.4 Å². The Bertz CT molecular complexity index is 658. The molecule has 0 aliphatic heterocycles. The minimum absolute atomic E-state index is 0.0218. The van der Waals surface area contributed by atoms with Crippen molar-refractivity contribution in [2.45, 2.75) is 19.8 Å². The lowest BCUT2D eigenvalue weighted by Gasteiger charge is -2.08. The molecule has 0 bridgehead atoms. The smallest absolute Gasteiger partial charge is 0.356 e. The van der Waals surface area contributed by atoms with Crippen molar-refractivity contribution in [1.82, 2.24) is 9.38 Å². The normalized spacial score (nSPS) is 10.9. The molecule has 0 saturated heterocycles. The van der Waals surface area contributed by atoms with Crippen LogP contribution in [0.2, 0.25) is 0 Å². The number of imidazole rings is 1. The minimum Gasteiger partial charge on any atom is -0.476 e. The van der Waals surface area contributed by atoms with E-state index in [-0.39, 0.29) is 17.3 Å². The topological polar surface area (TPSA) is 80.9 Å². The lowest BCUT2D eigenvalue weighted by Crippen LogP contribution is -2.10. The molecule has 19 heavy (non-hydrogen) atoms. The van der Waals surface area contributed by atoms with Gasteiger partial charge in [-0.3, -0.25) is 4.40 Å². The first-order chi connectivity index (χ1) is 8.97. The molecule has 2 aromatic rings. The number of esters is 1. The van der Waals surface area contributed by atoms with Gasteiger partial charge in [0.1, 0.15) is 11.5 Å². The Balaban J connectivity index is 2.86. The van der Waals surface area contributed by atoms with Crippen molar-refractivity contribution in [2.75, 3.05) is 7.11 Å². The van der Waals surface area contributed by atoms with Crippen LogP contribution in [0, 0.1) is 0 Å². The van der Waals surface area contributed by atoms with Crippen molar-refractivity contribution in [3.8, 4) is 0 Å². The molecule has 0 atom stereocenters. The highest BCUT2D eigenvalue weighted by Crippen LogP contribution is 2.22. The maximum Gasteiger partial charge on any atom is 0.356 e. The molecule has 0 saturated carbocycles. The number of nitrogens with zero attached hydrogens (tertiary/aromatic N) is 2. The SMILES string of the molecule is COC(=O)c1cccc2c(C(=O)O)nc(C(C)C)n12. The van der Waals surface area contributed by atoms with Crippen LogP contribution in [0.15, 0.2) is 18.2 Å². The summed E-state index contributed by atoms with van der Waals surface area (Å²) in [5.74, 6) is -1.15. The Morgan fingerprint density at radius 2 is 2.05 bits per heavy atom. The van der Waals surface area contributed by atoms with Crippen LogP contribution in [0.1, 0.15) is 46.6 Å². The van der Waals surface area contributed by atoms with Gasteiger partial charge in [-0.05, 0) is 12.1 Å². The monoisotopic (exact) mass is 262 g/mol. The molecule has 0 aliphatic rings. The second-order valence-corrected chi connectivity index (χ2v) is 4.40. The summed E-state index contributed by atoms with van der Waals surface area (Å²) in [6.07, 6.45) is 0. The molecule has 0 unspecified atom stereocenters. The highest BCUT2D eigenvalue weighted by atomic mass is 16.5. The molecule has 0 spiro atoms. The van der Waals surface area contributed by atoms with Crippen LogP contribution in [-0.2, 0) is 4.74 Å². The number of rotatable bonds is 3. The zero-order valence-electron chi connectivity index (χ0n) is 10.9. The number of ether oxygens (including phenoxy) is 1. The first-order valence-corrected chi connectivity index (χ1v) is 5.80. The lowest BCUT2D eigenvalue weighted by molar-refractivity contribution is 0.0590. The summed E-state index contributed by atoms with van der Waals surface area (Å²) in [5, 5.41) is 9.17. The molecule has 2 rings (SSSR count). The number of hydrogen-bond donors (Lipinski definition) is 1. The van der Waals surface area contributed by atoms with Crippen LogP contribution in [0.25, 0.3) is 5.52 Å². The number of carboxylic acid groups (broad SMARTS) is 1. The van der Waals surface area contributed by atoms with Gasteiger partial charge in [0.15, 0.2) is 5.69 Å². The number of hydrogen-bond acceptors (Lipinski definition) is 4. The number of carboxylic acids is 1. The fraction of sp³-hybridized carbons (Fsp3) is 0.308. The van der Waals surface area contributed by atoms with E-state index in [4.69, 9.17) is 4.74 Å². The molecule has 2 heterocycles. The maximum absolute atomic E-state index is 11.8. The van der Waals surface area contributed by atoms with E-state index in [9.17, 15) is 14.7 Å². The van der Waals surface area contributed by atoms with Crippen molar-refractivity contribution in [3.05, 3.63) is 35.4 Å². The number of methoxy groups -OCH3 is 1. The molecule has 0 aromatic carbocycles. The van der Waals surface area contributed by atoms with Gasteiger partial charge in [-0.1, -0.05) is 19.9 Å². The zero-order chi connectivity index (χ0) is 14.2. The third-order valence-electron chi connectivity index (χ3n) is 2.80. The minimum atomic E-state index is -1.12. The predicted molar refractivity (Wildman–Crippen MR) is 67.6 cm³/mol. The molecule has 1 N–H and O–H groups in total. The van der Waals surface area contributed by atoms with Gasteiger partial charge < -0.3 is 9.84 Å². The third-order valence-corrected chi connectivity index (χ3v) is 2.80. The van der Waals surface area contributed by atoms with Gasteiger partial charge >= 0.3 is 11.9 Å². The summed E-state index contributed by atoms with van der Waals surface area (Å²) in [6.45, 7) is 3.77. The van der Waals surface area contributed by atoms with E-state index >= 15 is 0 Å². The highest BCUT2D eigenvalue weighted by Gasteiger charge is 2.22. The molecule has 0 fully saturated rings. The maximum atomic E-state index is 11.8. The summed E-state index contributed by atoms with van der Waals surface area (Å²) < 4.78 is 6.26. The van der Waals surface area contributed by atoms with Crippen molar-refractivity contribution in [2.24, 2.45) is 0 Å². The van der Waals surface area contributed by atoms with Crippen molar-refractivity contribution in [1.29, 1.82) is 0 Å². The average molecular weight is 262 g/mol. The van der Waals surface area contributed by atoms with E-state index in [1.54, 1.807) is 22.6 Å². The lowest BCUT2D eigenvalue weighted by atomic mass is 10.2. The third kappa shape index (κ3) is 2.05. The molecule has 0 aliphatic carbocycles. The fourth-order valence-electron chi connectivity index (χ4n) is 1.97. The Kier molecular flexibility index (Phi) is 3.25. The first-order valence-electron chi connectivity index (χ1n) is 5.80. The number of aromatic carboxylic acids is 1. The van der Waals surface area contributed by atoms with Crippen LogP contribution < -0.4 is 0 Å². The molecule has 0 amide bonds. The summed E-state index contributed by atoms with van der Waals surface area (Å²) in [5.41, 5.74) is 0.595. The molecule has 0 radical (unpaired) electrons. The van der Waals surface area contributed by atoms with Gasteiger partial charge in [-0.15, -0.1) is 0 Å². The molecule has 100 valence electrons. The van der Waals surface area contributed by atoms with Crippen LogP contribution >= 0.6 is 0 Å². The quantitative estimate of drug-likeness (QED) is 0.855. The predicted octanol–water partition coefficient (Wildman–Crippen LogP) is 1.94. The Hall–Kier alpha value is -2.37. The number of pyridine rings is 1. The van der Waals surface area contributed by atoms with Gasteiger partial charge in [0.2, 0.25) is 0 Å². The number of carbonyl (C=O) groups excluding carboxylic acids is 1. The van der Waals surface area contributed by atoms with E-state index in [2.05, 4.69) is 4.98 Å². The van der Waals surface area contributed by atoms with Crippen LogP contribution in [0.5, 0.6) is 0 Å². The Morgan fingerprint density at radius 3 is 2.58 bits per heavy atom. The number of aromatic nitrogens is 2. The first kappa shape index (κ1) is 13.1. The standard InChI is InChI=1S/C13H14N2O4/c1-7(2)11-14-10(12(16)17)8-5-4-6-9(15(8)11)13(18)19-3/h4-7H,1-3H3,(H,16,17). The van der Waals surface area contributed by atoms with Crippen molar-refractivity contribution >= 4 is 17.5 Å². The summed E-state index contributed by atoms with van der Waals surface area (Å²) in [4.78, 5) is 27.1. The van der Waals surface area contributed by atoms with E-state index < -0.39 is 11.9 Å². The van der Waals surface area contributed by atoms with Gasteiger partial charge in [0, 0.05) is 5.92 Å². The zero-order valence-corrected chi connectivity index (χ0v) is 10.9. The molecule has 6 heteroatoms. The second kappa shape index (κ2) is 4.72. The fourth-order valence-corrected chi connectivity index (χ4v) is 1.97. The van der Waals surface area contributed by atoms with E-state index in [1.807, 2.05) is 13.8 Å². The van der Waals surface area contributed by atoms with Crippen LogP contribution in [0.3, 0.4) is 0 Å². The molecular weight excluding hydrogens is 248 g/mol. The van der Waals surface area contributed by atoms with E-state index in [0.717, 1.165) is 0 Å². The summed E-state index contributed by atoms with van der Waals surface area (Å²) in [7, 11) is 1.28. The number of fused-ring (bicyclic) bond motifs is 1. The van der Waals surface area contributed by atoms with E-state index in [0.29, 0.717) is 11.3 Å². The Morgan fingerprint density at radius 1 is 1.37 bits per heavy atom. The van der Waals surface area contributed by atoms with Crippen LogP contribution in [-0.4, -0.2) is 33.5 Å². The van der Waals surface area contributed by atoms with E-state index in [1.165, 1.54) is 7.11 Å². The molecule has 2 aromatic heterocycles. The van der Waals surface area contributed by atoms with Gasteiger partial charge in [0.25, 0.3) is 0 Å². The summed E-state index contributed by atoms with van der Waals surface area (Å²) >= 11 is 0. The second-order valence-electron chi connectivity index (χ2n) is 4.40. The molecule has 6 nitrogen and oxygen atoms in total. The van der Waals surface area contributed by atoms with Crippen LogP contribution in [0.4, 0.5) is 0 Å². The average Bonchev–Trinajstić information content (AvgIpc) is 2.77. The van der Waals surface area contributed by atoms with Gasteiger partial charge in [0.05, 0.1) is 12.6 Å².